The van der Waals surface area contributed by atoms with E-state index in [1.54, 1.807) is 30.5 Å². The fourth-order valence-electron chi connectivity index (χ4n) is 3.91. The van der Waals surface area contributed by atoms with E-state index < -0.39 is 9.85 Å². The summed E-state index contributed by atoms with van der Waals surface area (Å²) in [5.41, 5.74) is 2.96. The largest absolute Gasteiger partial charge is 0.457 e. The van der Waals surface area contributed by atoms with E-state index in [-0.39, 0.29) is 17.4 Å². The summed E-state index contributed by atoms with van der Waals surface area (Å²) in [7, 11) is 0. The van der Waals surface area contributed by atoms with E-state index in [1.165, 1.54) is 24.3 Å². The number of benzene rings is 4. The molecule has 11 heteroatoms. The molecule has 0 spiro atoms. The van der Waals surface area contributed by atoms with Crippen LogP contribution in [0.25, 0.3) is 0 Å². The standard InChI is InChI=1S/C32H31N5O6/c1-23-19-32(43-31-15-8-28(9-16-31)37(40)41)12-5-26(23)22-35-24(2)20-33-17-18-34-21-25-3-10-29(11-4-25)42-30-13-6-27(7-14-30)36(38)39/h3-16,19,21-22,24,33H,17-18,20H2,1-2H3. The number of aryl methyl sites for hydroxylation is 1. The highest BCUT2D eigenvalue weighted by atomic mass is 16.6. The second-order valence-electron chi connectivity index (χ2n) is 9.66. The van der Waals surface area contributed by atoms with Gasteiger partial charge in [-0.15, -0.1) is 0 Å². The first kappa shape index (κ1) is 30.5. The number of rotatable bonds is 14. The lowest BCUT2D eigenvalue weighted by Crippen LogP contribution is -2.26. The summed E-state index contributed by atoms with van der Waals surface area (Å²) in [6.45, 7) is 6.05. The van der Waals surface area contributed by atoms with E-state index in [2.05, 4.69) is 15.3 Å². The molecule has 4 rings (SSSR count). The van der Waals surface area contributed by atoms with E-state index in [1.807, 2.05) is 62.5 Å². The van der Waals surface area contributed by atoms with Gasteiger partial charge in [-0.1, -0.05) is 0 Å². The second-order valence-corrected chi connectivity index (χ2v) is 9.66. The number of nitrogens with zero attached hydrogens (tertiary/aromatic N) is 4. The van der Waals surface area contributed by atoms with Crippen molar-refractivity contribution in [3.8, 4) is 23.0 Å². The van der Waals surface area contributed by atoms with Crippen LogP contribution in [0, 0.1) is 27.2 Å². The first-order chi connectivity index (χ1) is 20.8. The zero-order chi connectivity index (χ0) is 30.6. The predicted octanol–water partition coefficient (Wildman–Crippen LogP) is 6.91. The number of aliphatic imine (C=N–C) groups is 2. The van der Waals surface area contributed by atoms with Crippen molar-refractivity contribution in [2.45, 2.75) is 19.9 Å². The molecule has 0 bridgehead atoms. The minimum atomic E-state index is -0.448. The molecule has 0 saturated heterocycles. The van der Waals surface area contributed by atoms with Crippen LogP contribution in [0.2, 0.25) is 0 Å². The molecule has 4 aromatic rings. The maximum absolute atomic E-state index is 10.8. The topological polar surface area (TPSA) is 141 Å². The van der Waals surface area contributed by atoms with Crippen LogP contribution in [0.4, 0.5) is 11.4 Å². The highest BCUT2D eigenvalue weighted by Gasteiger charge is 2.07. The first-order valence-corrected chi connectivity index (χ1v) is 13.6. The predicted molar refractivity (Wildman–Crippen MR) is 166 cm³/mol. The van der Waals surface area contributed by atoms with Gasteiger partial charge >= 0.3 is 0 Å². The molecule has 4 aromatic carbocycles. The van der Waals surface area contributed by atoms with E-state index in [0.29, 0.717) is 42.6 Å². The Bertz CT molecular complexity index is 1590. The molecule has 1 unspecified atom stereocenters. The normalized spacial score (nSPS) is 12.0. The minimum Gasteiger partial charge on any atom is -0.457 e. The molecule has 1 atom stereocenters. The number of nitro groups is 2. The van der Waals surface area contributed by atoms with Gasteiger partial charge in [-0.2, -0.15) is 0 Å². The second kappa shape index (κ2) is 15.0. The molecule has 0 aliphatic heterocycles. The molecule has 1 N–H and O–H groups in total. The lowest BCUT2D eigenvalue weighted by molar-refractivity contribution is -0.385. The molecule has 0 saturated carbocycles. The van der Waals surface area contributed by atoms with Crippen LogP contribution in [0.1, 0.15) is 23.6 Å². The molecular formula is C32H31N5O6. The molecule has 0 heterocycles. The Labute approximate surface area is 248 Å². The van der Waals surface area contributed by atoms with Crippen molar-refractivity contribution in [2.75, 3.05) is 19.6 Å². The van der Waals surface area contributed by atoms with Gasteiger partial charge in [0.1, 0.15) is 23.0 Å². The van der Waals surface area contributed by atoms with Crippen molar-refractivity contribution in [3.05, 3.63) is 128 Å². The van der Waals surface area contributed by atoms with Gasteiger partial charge in [0, 0.05) is 49.8 Å². The summed E-state index contributed by atoms with van der Waals surface area (Å²) in [6, 6.07) is 25.1. The van der Waals surface area contributed by atoms with Crippen LogP contribution in [0.15, 0.2) is 101 Å². The summed E-state index contributed by atoms with van der Waals surface area (Å²) >= 11 is 0. The zero-order valence-corrected chi connectivity index (χ0v) is 23.8. The molecule has 0 aliphatic carbocycles. The van der Waals surface area contributed by atoms with Crippen LogP contribution in [-0.2, 0) is 0 Å². The summed E-state index contributed by atoms with van der Waals surface area (Å²) in [5.74, 6) is 2.32. The van der Waals surface area contributed by atoms with E-state index in [4.69, 9.17) is 9.47 Å². The molecule has 11 nitrogen and oxygen atoms in total. The fraction of sp³-hybridized carbons (Fsp3) is 0.188. The fourth-order valence-corrected chi connectivity index (χ4v) is 3.91. The number of hydrogen-bond donors (Lipinski definition) is 1. The van der Waals surface area contributed by atoms with Gasteiger partial charge in [0.2, 0.25) is 0 Å². The Morgan fingerprint density at radius 3 is 1.81 bits per heavy atom. The number of nitrogens with one attached hydrogen (secondary N) is 1. The summed E-state index contributed by atoms with van der Waals surface area (Å²) in [4.78, 5) is 29.8. The SMILES string of the molecule is Cc1cc(Oc2ccc([N+](=O)[O-])cc2)ccc1C=NC(C)CNCCN=Cc1ccc(Oc2ccc([N+](=O)[O-])cc2)cc1. The van der Waals surface area contributed by atoms with Crippen molar-refractivity contribution in [1.29, 1.82) is 0 Å². The average Bonchev–Trinajstić information content (AvgIpc) is 3.00. The van der Waals surface area contributed by atoms with Crippen molar-refractivity contribution >= 4 is 23.8 Å². The molecule has 0 aromatic heterocycles. The van der Waals surface area contributed by atoms with Gasteiger partial charge in [-0.25, -0.2) is 0 Å². The highest BCUT2D eigenvalue weighted by Crippen LogP contribution is 2.26. The van der Waals surface area contributed by atoms with Crippen LogP contribution in [0.3, 0.4) is 0 Å². The molecular weight excluding hydrogens is 550 g/mol. The van der Waals surface area contributed by atoms with E-state index >= 15 is 0 Å². The van der Waals surface area contributed by atoms with Crippen LogP contribution < -0.4 is 14.8 Å². The lowest BCUT2D eigenvalue weighted by Gasteiger charge is -2.09. The quantitative estimate of drug-likeness (QED) is 0.0738. The van der Waals surface area contributed by atoms with Gasteiger partial charge in [-0.05, 0) is 97.3 Å². The van der Waals surface area contributed by atoms with Crippen molar-refractivity contribution in [1.82, 2.24) is 5.32 Å². The van der Waals surface area contributed by atoms with Gasteiger partial charge in [0.05, 0.1) is 22.4 Å². The van der Waals surface area contributed by atoms with Crippen LogP contribution in [-0.4, -0.2) is 48.0 Å². The first-order valence-electron chi connectivity index (χ1n) is 13.6. The Hall–Kier alpha value is -5.42. The van der Waals surface area contributed by atoms with Crippen molar-refractivity contribution in [3.63, 3.8) is 0 Å². The third kappa shape index (κ3) is 9.58. The molecule has 0 amide bonds. The number of non-ortho nitro benzene ring substituents is 2. The third-order valence-electron chi connectivity index (χ3n) is 6.25. The number of ether oxygens (including phenoxy) is 2. The van der Waals surface area contributed by atoms with Gasteiger partial charge in [0.15, 0.2) is 0 Å². The smallest absolute Gasteiger partial charge is 0.269 e. The Morgan fingerprint density at radius 1 is 0.767 bits per heavy atom. The van der Waals surface area contributed by atoms with Crippen molar-refractivity contribution < 1.29 is 19.3 Å². The van der Waals surface area contributed by atoms with E-state index in [0.717, 1.165) is 16.7 Å². The number of hydrogen-bond acceptors (Lipinski definition) is 9. The van der Waals surface area contributed by atoms with Gasteiger partial charge in [0.25, 0.3) is 11.4 Å². The highest BCUT2D eigenvalue weighted by molar-refractivity contribution is 5.82. The summed E-state index contributed by atoms with van der Waals surface area (Å²) in [5, 5.41) is 24.9. The maximum Gasteiger partial charge on any atom is 0.269 e. The Morgan fingerprint density at radius 2 is 1.28 bits per heavy atom. The monoisotopic (exact) mass is 581 g/mol. The average molecular weight is 582 g/mol. The zero-order valence-electron chi connectivity index (χ0n) is 23.8. The Kier molecular flexibility index (Phi) is 10.6. The molecule has 0 fully saturated rings. The van der Waals surface area contributed by atoms with Crippen LogP contribution in [0.5, 0.6) is 23.0 Å². The summed E-state index contributed by atoms with van der Waals surface area (Å²) in [6.07, 6.45) is 3.65. The Balaban J connectivity index is 1.15. The number of nitro benzene ring substituents is 2. The maximum atomic E-state index is 10.8. The minimum absolute atomic E-state index is 0.0171. The molecule has 43 heavy (non-hydrogen) atoms. The lowest BCUT2D eigenvalue weighted by atomic mass is 10.1. The summed E-state index contributed by atoms with van der Waals surface area (Å²) < 4.78 is 11.5. The third-order valence-corrected chi connectivity index (χ3v) is 6.25. The van der Waals surface area contributed by atoms with E-state index in [9.17, 15) is 20.2 Å². The van der Waals surface area contributed by atoms with Crippen LogP contribution >= 0.6 is 0 Å². The van der Waals surface area contributed by atoms with Gasteiger partial charge < -0.3 is 14.8 Å². The molecule has 0 radical (unpaired) electrons. The molecule has 0 aliphatic rings. The molecule has 220 valence electrons. The van der Waals surface area contributed by atoms with Gasteiger partial charge in [-0.3, -0.25) is 30.2 Å². The van der Waals surface area contributed by atoms with Crippen molar-refractivity contribution in [2.24, 2.45) is 9.98 Å².